The number of nitrogens with one attached hydrogen (secondary N) is 1. The van der Waals surface area contributed by atoms with Crippen LogP contribution >= 0.6 is 12.4 Å². The molecule has 2 aromatic carbocycles. The summed E-state index contributed by atoms with van der Waals surface area (Å²) in [6.45, 7) is 5.57. The van der Waals surface area contributed by atoms with Gasteiger partial charge < -0.3 is 16.0 Å². The van der Waals surface area contributed by atoms with Crippen LogP contribution < -0.4 is 11.1 Å². The van der Waals surface area contributed by atoms with Gasteiger partial charge in [0, 0.05) is 25.6 Å². The van der Waals surface area contributed by atoms with Crippen molar-refractivity contribution in [1.29, 1.82) is 0 Å². The Labute approximate surface area is 179 Å². The highest BCUT2D eigenvalue weighted by Gasteiger charge is 2.30. The van der Waals surface area contributed by atoms with Crippen LogP contribution in [0.4, 0.5) is 0 Å². The average Bonchev–Trinajstić information content (AvgIpc) is 2.75. The molecule has 3 rings (SSSR count). The van der Waals surface area contributed by atoms with Crippen molar-refractivity contribution in [2.45, 2.75) is 39.2 Å². The molecule has 3 N–H and O–H groups in total. The first-order valence-electron chi connectivity index (χ1n) is 10.3. The molecule has 1 aliphatic rings. The molecule has 5 nitrogen and oxygen atoms in total. The van der Waals surface area contributed by atoms with Crippen LogP contribution in [0.15, 0.2) is 42.5 Å². The molecule has 1 heterocycles. The van der Waals surface area contributed by atoms with Gasteiger partial charge in [0.2, 0.25) is 11.8 Å². The molecule has 6 heteroatoms. The number of fused-ring (bicyclic) bond motifs is 1. The fraction of sp³-hybridized carbons (Fsp3) is 0.478. The minimum absolute atomic E-state index is 0. The second kappa shape index (κ2) is 10.6. The van der Waals surface area contributed by atoms with E-state index in [2.05, 4.69) is 29.6 Å². The summed E-state index contributed by atoms with van der Waals surface area (Å²) in [4.78, 5) is 27.3. The van der Waals surface area contributed by atoms with Crippen LogP contribution in [0.5, 0.6) is 0 Å². The van der Waals surface area contributed by atoms with E-state index in [9.17, 15) is 9.59 Å². The number of nitrogens with zero attached hydrogens (tertiary/aromatic N) is 1. The Bertz CT molecular complexity index is 842. The molecule has 3 atom stereocenters. The van der Waals surface area contributed by atoms with Gasteiger partial charge in [-0.05, 0) is 41.7 Å². The van der Waals surface area contributed by atoms with E-state index < -0.39 is 0 Å². The lowest BCUT2D eigenvalue weighted by molar-refractivity contribution is -0.139. The molecule has 158 valence electrons. The number of carbonyl (C=O) groups excluding carboxylic acids is 2. The highest BCUT2D eigenvalue weighted by Crippen LogP contribution is 2.23. The average molecular weight is 418 g/mol. The summed E-state index contributed by atoms with van der Waals surface area (Å²) in [5.41, 5.74) is 6.99. The lowest BCUT2D eigenvalue weighted by atomic mass is 9.94. The molecule has 2 amide bonds. The molecular formula is C23H32ClN3O2. The number of piperidine rings is 1. The molecule has 0 bridgehead atoms. The first-order valence-corrected chi connectivity index (χ1v) is 10.3. The number of nitrogens with two attached hydrogens (primary N) is 1. The van der Waals surface area contributed by atoms with E-state index in [4.69, 9.17) is 5.73 Å². The van der Waals surface area contributed by atoms with Crippen LogP contribution in [0, 0.1) is 11.8 Å². The molecule has 0 spiro atoms. The van der Waals surface area contributed by atoms with E-state index in [-0.39, 0.29) is 42.1 Å². The molecule has 1 aliphatic heterocycles. The molecule has 0 aromatic heterocycles. The Hall–Kier alpha value is -2.11. The molecule has 0 aliphatic carbocycles. The summed E-state index contributed by atoms with van der Waals surface area (Å²) in [7, 11) is 0. The molecule has 1 fully saturated rings. The molecule has 29 heavy (non-hydrogen) atoms. The first kappa shape index (κ1) is 23.2. The van der Waals surface area contributed by atoms with Crippen molar-refractivity contribution in [3.8, 4) is 0 Å². The zero-order valence-electron chi connectivity index (χ0n) is 17.3. The number of rotatable bonds is 6. The van der Waals surface area contributed by atoms with Crippen LogP contribution in [0.1, 0.15) is 44.7 Å². The second-order valence-corrected chi connectivity index (χ2v) is 7.84. The highest BCUT2D eigenvalue weighted by molar-refractivity contribution is 5.85. The van der Waals surface area contributed by atoms with Crippen molar-refractivity contribution in [2.24, 2.45) is 17.6 Å². The normalized spacial score (nSPS) is 18.6. The molecule has 3 unspecified atom stereocenters. The van der Waals surface area contributed by atoms with Gasteiger partial charge in [0.1, 0.15) is 0 Å². The van der Waals surface area contributed by atoms with Crippen LogP contribution in [-0.4, -0.2) is 36.3 Å². The second-order valence-electron chi connectivity index (χ2n) is 7.84. The quantitative estimate of drug-likeness (QED) is 0.753. The monoisotopic (exact) mass is 417 g/mol. The molecule has 1 saturated heterocycles. The zero-order valence-corrected chi connectivity index (χ0v) is 18.1. The van der Waals surface area contributed by atoms with Crippen LogP contribution in [-0.2, 0) is 9.59 Å². The predicted molar refractivity (Wildman–Crippen MR) is 120 cm³/mol. The third-order valence-electron chi connectivity index (χ3n) is 5.87. The first-order chi connectivity index (χ1) is 13.5. The fourth-order valence-electron chi connectivity index (χ4n) is 3.87. The highest BCUT2D eigenvalue weighted by atomic mass is 35.5. The number of likely N-dealkylation sites (tertiary alicyclic amines) is 1. The van der Waals surface area contributed by atoms with Crippen molar-refractivity contribution < 1.29 is 9.59 Å². The van der Waals surface area contributed by atoms with Crippen LogP contribution in [0.2, 0.25) is 0 Å². The van der Waals surface area contributed by atoms with Gasteiger partial charge in [-0.1, -0.05) is 50.2 Å². The topological polar surface area (TPSA) is 75.4 Å². The van der Waals surface area contributed by atoms with Crippen LogP contribution in [0.3, 0.4) is 0 Å². The van der Waals surface area contributed by atoms with Gasteiger partial charge in [-0.3, -0.25) is 9.59 Å². The number of halogens is 1. The number of hydrogen-bond donors (Lipinski definition) is 2. The molecule has 0 radical (unpaired) electrons. The Balaban J connectivity index is 0.00000300. The van der Waals surface area contributed by atoms with Crippen LogP contribution in [0.25, 0.3) is 10.8 Å². The zero-order chi connectivity index (χ0) is 20.1. The van der Waals surface area contributed by atoms with Crippen molar-refractivity contribution in [1.82, 2.24) is 10.2 Å². The summed E-state index contributed by atoms with van der Waals surface area (Å²) in [6, 6.07) is 14.1. The van der Waals surface area contributed by atoms with Gasteiger partial charge in [0.15, 0.2) is 0 Å². The fourth-order valence-corrected chi connectivity index (χ4v) is 3.87. The maximum atomic E-state index is 12.9. The lowest BCUT2D eigenvalue weighted by Gasteiger charge is -2.34. The van der Waals surface area contributed by atoms with Gasteiger partial charge in [-0.2, -0.15) is 0 Å². The van der Waals surface area contributed by atoms with Crippen molar-refractivity contribution in [3.05, 3.63) is 48.0 Å². The van der Waals surface area contributed by atoms with E-state index in [1.165, 1.54) is 5.39 Å². The summed E-state index contributed by atoms with van der Waals surface area (Å²) >= 11 is 0. The van der Waals surface area contributed by atoms with Gasteiger partial charge in [0.05, 0.1) is 12.0 Å². The molecule has 2 aromatic rings. The third kappa shape index (κ3) is 5.49. The van der Waals surface area contributed by atoms with E-state index in [0.717, 1.165) is 36.8 Å². The van der Waals surface area contributed by atoms with E-state index in [1.807, 2.05) is 36.9 Å². The van der Waals surface area contributed by atoms with E-state index in [1.54, 1.807) is 0 Å². The van der Waals surface area contributed by atoms with Crippen molar-refractivity contribution in [3.63, 3.8) is 0 Å². The Morgan fingerprint density at radius 2 is 1.93 bits per heavy atom. The summed E-state index contributed by atoms with van der Waals surface area (Å²) in [5.74, 6) is -0.0115. The Morgan fingerprint density at radius 3 is 2.62 bits per heavy atom. The van der Waals surface area contributed by atoms with Gasteiger partial charge in [0.25, 0.3) is 0 Å². The predicted octanol–water partition coefficient (Wildman–Crippen LogP) is 3.66. The minimum atomic E-state index is -0.224. The standard InChI is InChI=1S/C23H31N3O2.ClH/c1-3-16(2)23(28)26-12-6-9-20(15-26)22(27)25-21(14-24)19-11-10-17-7-4-5-8-18(17)13-19;/h4-5,7-8,10-11,13,16,20-21H,3,6,9,12,14-15,24H2,1-2H3,(H,25,27);1H. The summed E-state index contributed by atoms with van der Waals surface area (Å²) < 4.78 is 0. The minimum Gasteiger partial charge on any atom is -0.348 e. The van der Waals surface area contributed by atoms with Gasteiger partial charge >= 0.3 is 0 Å². The van der Waals surface area contributed by atoms with E-state index in [0.29, 0.717) is 13.1 Å². The number of benzene rings is 2. The number of amides is 2. The summed E-state index contributed by atoms with van der Waals surface area (Å²) in [6.07, 6.45) is 2.50. The lowest BCUT2D eigenvalue weighted by Crippen LogP contribution is -2.48. The smallest absolute Gasteiger partial charge is 0.225 e. The SMILES string of the molecule is CCC(C)C(=O)N1CCCC(C(=O)NC(CN)c2ccc3ccccc3c2)C1.Cl. The Kier molecular flexibility index (Phi) is 8.47. The van der Waals surface area contributed by atoms with Crippen molar-refractivity contribution in [2.75, 3.05) is 19.6 Å². The third-order valence-corrected chi connectivity index (χ3v) is 5.87. The van der Waals surface area contributed by atoms with Gasteiger partial charge in [-0.15, -0.1) is 12.4 Å². The molecular weight excluding hydrogens is 386 g/mol. The number of carbonyl (C=O) groups is 2. The van der Waals surface area contributed by atoms with Gasteiger partial charge in [-0.25, -0.2) is 0 Å². The van der Waals surface area contributed by atoms with E-state index >= 15 is 0 Å². The Morgan fingerprint density at radius 1 is 1.21 bits per heavy atom. The largest absolute Gasteiger partial charge is 0.348 e. The molecule has 0 saturated carbocycles. The number of hydrogen-bond acceptors (Lipinski definition) is 3. The summed E-state index contributed by atoms with van der Waals surface area (Å²) in [5, 5.41) is 5.42. The van der Waals surface area contributed by atoms with Crippen molar-refractivity contribution >= 4 is 35.0 Å². The maximum absolute atomic E-state index is 12.9. The maximum Gasteiger partial charge on any atom is 0.225 e.